The number of benzene rings is 2. The predicted molar refractivity (Wildman–Crippen MR) is 90.1 cm³/mol. The van der Waals surface area contributed by atoms with E-state index in [2.05, 4.69) is 63.9 Å². The molecule has 0 aliphatic carbocycles. The molecule has 106 valence electrons. The first-order valence-corrected chi connectivity index (χ1v) is 8.48. The van der Waals surface area contributed by atoms with Gasteiger partial charge in [0, 0.05) is 10.0 Å². The standard InChI is InChI=1S/C17H17Br2F/c1-3-11-5-6-12(4-2)15(9-11)17(19)14-8-7-13(18)10-16(14)20/h5-10,17H,3-4H2,1-2H3. The van der Waals surface area contributed by atoms with Gasteiger partial charge in [-0.25, -0.2) is 4.39 Å². The average Bonchev–Trinajstić information content (AvgIpc) is 2.46. The lowest BCUT2D eigenvalue weighted by molar-refractivity contribution is 0.612. The van der Waals surface area contributed by atoms with Crippen molar-refractivity contribution in [1.82, 2.24) is 0 Å². The quantitative estimate of drug-likeness (QED) is 0.537. The SMILES string of the molecule is CCc1ccc(CC)c(C(Br)c2ccc(Br)cc2F)c1. The molecule has 0 N–H and O–H groups in total. The van der Waals surface area contributed by atoms with Crippen LogP contribution in [0.15, 0.2) is 40.9 Å². The number of alkyl halides is 1. The molecule has 1 atom stereocenters. The van der Waals surface area contributed by atoms with E-state index < -0.39 is 0 Å². The van der Waals surface area contributed by atoms with Crippen LogP contribution in [0.5, 0.6) is 0 Å². The molecule has 2 aromatic carbocycles. The molecule has 2 rings (SSSR count). The van der Waals surface area contributed by atoms with Gasteiger partial charge in [0.15, 0.2) is 0 Å². The van der Waals surface area contributed by atoms with Gasteiger partial charge in [-0.2, -0.15) is 0 Å². The van der Waals surface area contributed by atoms with Gasteiger partial charge in [0.2, 0.25) is 0 Å². The number of aryl methyl sites for hydroxylation is 2. The predicted octanol–water partition coefficient (Wildman–Crippen LogP) is 6.20. The summed E-state index contributed by atoms with van der Waals surface area (Å²) in [6, 6.07) is 11.7. The summed E-state index contributed by atoms with van der Waals surface area (Å²) < 4.78 is 14.9. The largest absolute Gasteiger partial charge is 0.207 e. The Kier molecular flexibility index (Phi) is 5.39. The molecule has 0 bridgehead atoms. The van der Waals surface area contributed by atoms with Gasteiger partial charge in [-0.05, 0) is 41.7 Å². The van der Waals surface area contributed by atoms with Gasteiger partial charge in [0.05, 0.1) is 4.83 Å². The summed E-state index contributed by atoms with van der Waals surface area (Å²) in [6.07, 6.45) is 1.93. The Labute approximate surface area is 136 Å². The van der Waals surface area contributed by atoms with Gasteiger partial charge in [0.25, 0.3) is 0 Å². The Hall–Kier alpha value is -0.670. The van der Waals surface area contributed by atoms with Crippen molar-refractivity contribution in [1.29, 1.82) is 0 Å². The van der Waals surface area contributed by atoms with Crippen molar-refractivity contribution in [2.45, 2.75) is 31.5 Å². The van der Waals surface area contributed by atoms with Gasteiger partial charge in [-0.3, -0.25) is 0 Å². The van der Waals surface area contributed by atoms with Crippen molar-refractivity contribution >= 4 is 31.9 Å². The number of hydrogen-bond acceptors (Lipinski definition) is 0. The minimum absolute atomic E-state index is 0.114. The molecule has 0 saturated carbocycles. The second-order valence-corrected chi connectivity index (χ2v) is 6.60. The Balaban J connectivity index is 2.48. The smallest absolute Gasteiger partial charge is 0.129 e. The minimum atomic E-state index is -0.190. The maximum atomic E-state index is 14.1. The van der Waals surface area contributed by atoms with Crippen LogP contribution in [0.4, 0.5) is 4.39 Å². The second kappa shape index (κ2) is 6.86. The summed E-state index contributed by atoms with van der Waals surface area (Å²) >= 11 is 6.97. The summed E-state index contributed by atoms with van der Waals surface area (Å²) in [5.74, 6) is -0.190. The highest BCUT2D eigenvalue weighted by Gasteiger charge is 2.18. The molecule has 2 aromatic rings. The van der Waals surface area contributed by atoms with Crippen LogP contribution < -0.4 is 0 Å². The maximum absolute atomic E-state index is 14.1. The Morgan fingerprint density at radius 1 is 1.00 bits per heavy atom. The lowest BCUT2D eigenvalue weighted by Gasteiger charge is -2.17. The van der Waals surface area contributed by atoms with Crippen molar-refractivity contribution < 1.29 is 4.39 Å². The summed E-state index contributed by atoms with van der Waals surface area (Å²) in [5.41, 5.74) is 4.37. The van der Waals surface area contributed by atoms with Crippen LogP contribution in [-0.4, -0.2) is 0 Å². The molecule has 20 heavy (non-hydrogen) atoms. The zero-order valence-electron chi connectivity index (χ0n) is 11.6. The molecule has 1 unspecified atom stereocenters. The normalized spacial score (nSPS) is 12.4. The van der Waals surface area contributed by atoms with E-state index in [0.29, 0.717) is 5.56 Å². The van der Waals surface area contributed by atoms with Gasteiger partial charge in [0.1, 0.15) is 5.82 Å². The summed E-state index contributed by atoms with van der Waals surface area (Å²) in [5, 5.41) is 0. The van der Waals surface area contributed by atoms with Crippen LogP contribution in [0.25, 0.3) is 0 Å². The topological polar surface area (TPSA) is 0 Å². The first-order valence-electron chi connectivity index (χ1n) is 6.77. The van der Waals surface area contributed by atoms with Crippen molar-refractivity contribution in [2.75, 3.05) is 0 Å². The maximum Gasteiger partial charge on any atom is 0.129 e. The molecular formula is C17H17Br2F. The lowest BCUT2D eigenvalue weighted by atomic mass is 9.95. The molecule has 0 nitrogen and oxygen atoms in total. The molecule has 0 amide bonds. The van der Waals surface area contributed by atoms with Crippen LogP contribution in [0.2, 0.25) is 0 Å². The van der Waals surface area contributed by atoms with E-state index in [1.54, 1.807) is 0 Å². The van der Waals surface area contributed by atoms with Gasteiger partial charge in [-0.15, -0.1) is 0 Å². The molecule has 0 radical (unpaired) electrons. The van der Waals surface area contributed by atoms with Gasteiger partial charge in [-0.1, -0.05) is 70.0 Å². The van der Waals surface area contributed by atoms with E-state index in [0.717, 1.165) is 22.9 Å². The Morgan fingerprint density at radius 3 is 2.35 bits per heavy atom. The average molecular weight is 400 g/mol. The molecule has 0 saturated heterocycles. The summed E-state index contributed by atoms with van der Waals surface area (Å²) in [6.45, 7) is 4.26. The molecule has 0 heterocycles. The van der Waals surface area contributed by atoms with Crippen LogP contribution >= 0.6 is 31.9 Å². The van der Waals surface area contributed by atoms with E-state index >= 15 is 0 Å². The first kappa shape index (κ1) is 15.7. The minimum Gasteiger partial charge on any atom is -0.207 e. The first-order chi connectivity index (χ1) is 9.56. The highest BCUT2D eigenvalue weighted by Crippen LogP contribution is 2.36. The van der Waals surface area contributed by atoms with Crippen molar-refractivity contribution in [3.63, 3.8) is 0 Å². The van der Waals surface area contributed by atoms with Gasteiger partial charge >= 0.3 is 0 Å². The zero-order chi connectivity index (χ0) is 14.7. The zero-order valence-corrected chi connectivity index (χ0v) is 14.8. The van der Waals surface area contributed by atoms with Gasteiger partial charge < -0.3 is 0 Å². The molecule has 0 aromatic heterocycles. The van der Waals surface area contributed by atoms with Crippen molar-refractivity contribution in [3.05, 3.63) is 68.9 Å². The molecular weight excluding hydrogens is 383 g/mol. The lowest BCUT2D eigenvalue weighted by Crippen LogP contribution is -2.02. The van der Waals surface area contributed by atoms with E-state index in [9.17, 15) is 4.39 Å². The van der Waals surface area contributed by atoms with Crippen molar-refractivity contribution in [2.24, 2.45) is 0 Å². The fourth-order valence-corrected chi connectivity index (χ4v) is 3.43. The number of hydrogen-bond donors (Lipinski definition) is 0. The molecule has 0 aliphatic heterocycles. The third-order valence-corrected chi connectivity index (χ3v) is 4.99. The highest BCUT2D eigenvalue weighted by molar-refractivity contribution is 9.10. The van der Waals surface area contributed by atoms with Crippen LogP contribution in [0.1, 0.15) is 40.9 Å². The fraction of sp³-hybridized carbons (Fsp3) is 0.294. The Bertz CT molecular complexity index is 608. The van der Waals surface area contributed by atoms with E-state index in [1.165, 1.54) is 17.2 Å². The molecule has 0 aliphatic rings. The third-order valence-electron chi connectivity index (χ3n) is 3.51. The van der Waals surface area contributed by atoms with E-state index in [4.69, 9.17) is 0 Å². The van der Waals surface area contributed by atoms with E-state index in [-0.39, 0.29) is 10.6 Å². The van der Waals surface area contributed by atoms with Crippen molar-refractivity contribution in [3.8, 4) is 0 Å². The molecule has 0 spiro atoms. The monoisotopic (exact) mass is 398 g/mol. The summed E-state index contributed by atoms with van der Waals surface area (Å²) in [7, 11) is 0. The Morgan fingerprint density at radius 2 is 1.75 bits per heavy atom. The van der Waals surface area contributed by atoms with E-state index in [1.807, 2.05) is 12.1 Å². The van der Waals surface area contributed by atoms with Crippen LogP contribution in [-0.2, 0) is 12.8 Å². The molecule has 0 fully saturated rings. The number of rotatable bonds is 4. The molecule has 3 heteroatoms. The van der Waals surface area contributed by atoms with Crippen LogP contribution in [0, 0.1) is 5.82 Å². The summed E-state index contributed by atoms with van der Waals surface area (Å²) in [4.78, 5) is -0.114. The second-order valence-electron chi connectivity index (χ2n) is 4.77. The third kappa shape index (κ3) is 3.32. The highest BCUT2D eigenvalue weighted by atomic mass is 79.9. The van der Waals surface area contributed by atoms with Crippen LogP contribution in [0.3, 0.4) is 0 Å². The fourth-order valence-electron chi connectivity index (χ4n) is 2.30. The number of halogens is 3.